The fourth-order valence-electron chi connectivity index (χ4n) is 3.60. The highest BCUT2D eigenvalue weighted by Crippen LogP contribution is 2.15. The second-order valence-corrected chi connectivity index (χ2v) is 7.60. The number of hydrogen-bond donors (Lipinski definition) is 0. The van der Waals surface area contributed by atoms with Gasteiger partial charge in [0.1, 0.15) is 10.7 Å². The first-order valence-electron chi connectivity index (χ1n) is 9.09. The topological polar surface area (TPSA) is 35.2 Å². The van der Waals surface area contributed by atoms with Gasteiger partial charge in [0.15, 0.2) is 0 Å². The summed E-state index contributed by atoms with van der Waals surface area (Å²) < 4.78 is 2.75. The standard InChI is InChI=1S/C21H26N4S/c1-16-5-4-6-19(11-16)14-23-7-9-24(10-8-23)15-25-18(3)12-17(2)20(13-22)21(25)26/h4-6,11-12H,7-10,14-15H2,1-3H3. The van der Waals surface area contributed by atoms with Crippen molar-refractivity contribution in [3.8, 4) is 6.07 Å². The van der Waals surface area contributed by atoms with E-state index in [1.54, 1.807) is 0 Å². The predicted octanol–water partition coefficient (Wildman–Crippen LogP) is 3.79. The minimum atomic E-state index is 0.628. The molecule has 1 aliphatic rings. The third-order valence-corrected chi connectivity index (χ3v) is 5.54. The summed E-state index contributed by atoms with van der Waals surface area (Å²) in [4.78, 5) is 4.93. The molecule has 1 aromatic heterocycles. The van der Waals surface area contributed by atoms with Crippen molar-refractivity contribution < 1.29 is 0 Å². The molecule has 1 aromatic carbocycles. The number of pyridine rings is 1. The van der Waals surface area contributed by atoms with Gasteiger partial charge >= 0.3 is 0 Å². The molecule has 26 heavy (non-hydrogen) atoms. The molecule has 0 spiro atoms. The van der Waals surface area contributed by atoms with Gasteiger partial charge in [0.25, 0.3) is 0 Å². The summed E-state index contributed by atoms with van der Waals surface area (Å²) in [6.07, 6.45) is 0. The Hall–Kier alpha value is -2.00. The smallest absolute Gasteiger partial charge is 0.125 e. The van der Waals surface area contributed by atoms with E-state index < -0.39 is 0 Å². The van der Waals surface area contributed by atoms with E-state index in [1.165, 1.54) is 11.1 Å². The van der Waals surface area contributed by atoms with Gasteiger partial charge in [-0.15, -0.1) is 0 Å². The van der Waals surface area contributed by atoms with Gasteiger partial charge in [-0.3, -0.25) is 9.80 Å². The normalized spacial score (nSPS) is 15.8. The van der Waals surface area contributed by atoms with Crippen LogP contribution in [0.3, 0.4) is 0 Å². The van der Waals surface area contributed by atoms with Gasteiger partial charge in [0, 0.05) is 38.4 Å². The number of hydrogen-bond acceptors (Lipinski definition) is 4. The zero-order valence-electron chi connectivity index (χ0n) is 15.8. The summed E-state index contributed by atoms with van der Waals surface area (Å²) in [5.41, 5.74) is 5.42. The molecule has 1 saturated heterocycles. The highest BCUT2D eigenvalue weighted by Gasteiger charge is 2.18. The third kappa shape index (κ3) is 4.21. The minimum Gasteiger partial charge on any atom is -0.322 e. The Balaban J connectivity index is 1.63. The Kier molecular flexibility index (Phi) is 5.87. The number of rotatable bonds is 4. The van der Waals surface area contributed by atoms with Crippen LogP contribution in [0, 0.1) is 36.7 Å². The summed E-state index contributed by atoms with van der Waals surface area (Å²) >= 11 is 5.56. The van der Waals surface area contributed by atoms with Gasteiger partial charge < -0.3 is 4.57 Å². The number of aromatic nitrogens is 1. The monoisotopic (exact) mass is 366 g/mol. The van der Waals surface area contributed by atoms with E-state index >= 15 is 0 Å². The van der Waals surface area contributed by atoms with Crippen LogP contribution < -0.4 is 0 Å². The lowest BCUT2D eigenvalue weighted by Crippen LogP contribution is -2.46. The van der Waals surface area contributed by atoms with Crippen LogP contribution in [0.25, 0.3) is 0 Å². The molecule has 1 fully saturated rings. The number of benzene rings is 1. The number of aryl methyl sites for hydroxylation is 3. The molecular weight excluding hydrogens is 340 g/mol. The molecule has 0 bridgehead atoms. The Morgan fingerprint density at radius 2 is 1.73 bits per heavy atom. The van der Waals surface area contributed by atoms with Crippen molar-refractivity contribution in [2.45, 2.75) is 34.0 Å². The molecule has 4 nitrogen and oxygen atoms in total. The summed E-state index contributed by atoms with van der Waals surface area (Å²) in [6.45, 7) is 12.1. The van der Waals surface area contributed by atoms with E-state index in [0.717, 1.165) is 50.6 Å². The zero-order chi connectivity index (χ0) is 18.7. The summed E-state index contributed by atoms with van der Waals surface area (Å²) in [7, 11) is 0. The van der Waals surface area contributed by atoms with Gasteiger partial charge in [-0.05, 0) is 38.0 Å². The average molecular weight is 367 g/mol. The van der Waals surface area contributed by atoms with Crippen molar-refractivity contribution in [2.75, 3.05) is 26.2 Å². The fourth-order valence-corrected chi connectivity index (χ4v) is 4.00. The van der Waals surface area contributed by atoms with E-state index in [2.05, 4.69) is 64.6 Å². The average Bonchev–Trinajstić information content (AvgIpc) is 2.60. The molecule has 0 N–H and O–H groups in total. The van der Waals surface area contributed by atoms with Crippen LogP contribution in [-0.2, 0) is 13.2 Å². The maximum atomic E-state index is 9.36. The zero-order valence-corrected chi connectivity index (χ0v) is 16.6. The summed E-state index contributed by atoms with van der Waals surface area (Å²) in [6, 6.07) is 13.1. The van der Waals surface area contributed by atoms with Gasteiger partial charge in [-0.2, -0.15) is 5.26 Å². The van der Waals surface area contributed by atoms with Crippen LogP contribution in [0.15, 0.2) is 30.3 Å². The summed E-state index contributed by atoms with van der Waals surface area (Å²) in [5, 5.41) is 9.36. The lowest BCUT2D eigenvalue weighted by molar-refractivity contribution is 0.102. The number of piperazine rings is 1. The SMILES string of the molecule is Cc1cccc(CN2CCN(Cn3c(C)cc(C)c(C#N)c3=S)CC2)c1. The lowest BCUT2D eigenvalue weighted by Gasteiger charge is -2.35. The molecule has 2 aromatic rings. The predicted molar refractivity (Wildman–Crippen MR) is 107 cm³/mol. The third-order valence-electron chi connectivity index (χ3n) is 5.11. The fraction of sp³-hybridized carbons (Fsp3) is 0.429. The minimum absolute atomic E-state index is 0.628. The van der Waals surface area contributed by atoms with Crippen LogP contribution in [0.2, 0.25) is 0 Å². The molecule has 0 atom stereocenters. The van der Waals surface area contributed by atoms with Crippen LogP contribution >= 0.6 is 12.2 Å². The van der Waals surface area contributed by atoms with Crippen LogP contribution in [-0.4, -0.2) is 40.5 Å². The molecule has 2 heterocycles. The van der Waals surface area contributed by atoms with Crippen molar-refractivity contribution in [2.24, 2.45) is 0 Å². The Morgan fingerprint density at radius 1 is 1.04 bits per heavy atom. The van der Waals surface area contributed by atoms with Crippen molar-refractivity contribution in [1.82, 2.24) is 14.4 Å². The Labute approximate surface area is 161 Å². The highest BCUT2D eigenvalue weighted by atomic mass is 32.1. The van der Waals surface area contributed by atoms with Crippen LogP contribution in [0.4, 0.5) is 0 Å². The van der Waals surface area contributed by atoms with Gasteiger partial charge in [-0.25, -0.2) is 0 Å². The molecule has 0 saturated carbocycles. The summed E-state index contributed by atoms with van der Waals surface area (Å²) in [5.74, 6) is 0. The molecule has 0 amide bonds. The lowest BCUT2D eigenvalue weighted by atomic mass is 10.1. The first-order chi connectivity index (χ1) is 12.5. The molecular formula is C21H26N4S. The Bertz CT molecular complexity index is 886. The van der Waals surface area contributed by atoms with Crippen LogP contribution in [0.1, 0.15) is 27.9 Å². The van der Waals surface area contributed by atoms with Crippen molar-refractivity contribution in [3.63, 3.8) is 0 Å². The van der Waals surface area contributed by atoms with Crippen LogP contribution in [0.5, 0.6) is 0 Å². The number of nitrogens with zero attached hydrogens (tertiary/aromatic N) is 4. The maximum absolute atomic E-state index is 9.36. The van der Waals surface area contributed by atoms with Crippen molar-refractivity contribution >= 4 is 12.2 Å². The molecule has 0 unspecified atom stereocenters. The van der Waals surface area contributed by atoms with Gasteiger partial charge in [0.05, 0.1) is 12.2 Å². The largest absolute Gasteiger partial charge is 0.322 e. The quantitative estimate of drug-likeness (QED) is 0.771. The second-order valence-electron chi connectivity index (χ2n) is 7.21. The van der Waals surface area contributed by atoms with E-state index in [-0.39, 0.29) is 0 Å². The molecule has 136 valence electrons. The second kappa shape index (κ2) is 8.13. The van der Waals surface area contributed by atoms with E-state index in [0.29, 0.717) is 10.2 Å². The number of nitriles is 1. The maximum Gasteiger partial charge on any atom is 0.125 e. The Morgan fingerprint density at radius 3 is 2.38 bits per heavy atom. The van der Waals surface area contributed by atoms with Crippen molar-refractivity contribution in [3.05, 3.63) is 62.9 Å². The molecule has 5 heteroatoms. The van der Waals surface area contributed by atoms with E-state index in [9.17, 15) is 5.26 Å². The molecule has 3 rings (SSSR count). The van der Waals surface area contributed by atoms with Crippen molar-refractivity contribution in [1.29, 1.82) is 5.26 Å². The highest BCUT2D eigenvalue weighted by molar-refractivity contribution is 7.71. The van der Waals surface area contributed by atoms with Gasteiger partial charge in [-0.1, -0.05) is 42.0 Å². The van der Waals surface area contributed by atoms with E-state index in [1.807, 2.05) is 6.92 Å². The first-order valence-corrected chi connectivity index (χ1v) is 9.50. The van der Waals surface area contributed by atoms with E-state index in [4.69, 9.17) is 12.2 Å². The van der Waals surface area contributed by atoms with Gasteiger partial charge in [0.2, 0.25) is 0 Å². The molecule has 0 radical (unpaired) electrons. The molecule has 0 aliphatic carbocycles. The first kappa shape index (κ1) is 18.8. The molecule has 1 aliphatic heterocycles.